The number of amides is 3. The fourth-order valence-corrected chi connectivity index (χ4v) is 2.60. The standard InChI is InChI=1S/C18H25N3O4/c1-12(2)10-14(17(23)21-15-8-9-16(22)20-15)19-18(24)25-11-13-6-4-3-5-7-13/h3-7,12,14-15H,8-11H2,1-2H3,(H,19,24)(H,20,22)(H,21,23)/t14-,15+/m1/s1. The summed E-state index contributed by atoms with van der Waals surface area (Å²) < 4.78 is 5.18. The van der Waals surface area contributed by atoms with E-state index < -0.39 is 12.1 Å². The molecule has 1 aliphatic rings. The fraction of sp³-hybridized carbons (Fsp3) is 0.500. The summed E-state index contributed by atoms with van der Waals surface area (Å²) in [4.78, 5) is 35.7. The second-order valence-electron chi connectivity index (χ2n) is 6.56. The van der Waals surface area contributed by atoms with E-state index in [1.165, 1.54) is 0 Å². The van der Waals surface area contributed by atoms with Gasteiger partial charge in [-0.15, -0.1) is 0 Å². The minimum absolute atomic E-state index is 0.0825. The Kier molecular flexibility index (Phi) is 6.80. The largest absolute Gasteiger partial charge is 0.445 e. The van der Waals surface area contributed by atoms with Gasteiger partial charge in [-0.05, 0) is 24.3 Å². The van der Waals surface area contributed by atoms with Crippen LogP contribution in [0.4, 0.5) is 4.79 Å². The highest BCUT2D eigenvalue weighted by atomic mass is 16.5. The lowest BCUT2D eigenvalue weighted by Crippen LogP contribution is -2.52. The first-order valence-corrected chi connectivity index (χ1v) is 8.51. The van der Waals surface area contributed by atoms with Gasteiger partial charge in [0.2, 0.25) is 11.8 Å². The Hall–Kier alpha value is -2.57. The Morgan fingerprint density at radius 1 is 1.28 bits per heavy atom. The van der Waals surface area contributed by atoms with E-state index in [1.807, 2.05) is 44.2 Å². The molecule has 0 spiro atoms. The first kappa shape index (κ1) is 18.8. The zero-order chi connectivity index (χ0) is 18.2. The number of nitrogens with one attached hydrogen (secondary N) is 3. The highest BCUT2D eigenvalue weighted by Crippen LogP contribution is 2.09. The number of carbonyl (C=O) groups is 3. The van der Waals surface area contributed by atoms with Crippen molar-refractivity contribution in [1.82, 2.24) is 16.0 Å². The van der Waals surface area contributed by atoms with Gasteiger partial charge in [0.1, 0.15) is 18.8 Å². The molecule has 1 fully saturated rings. The first-order valence-electron chi connectivity index (χ1n) is 8.51. The predicted octanol–water partition coefficient (Wildman–Crippen LogP) is 1.68. The molecule has 2 atom stereocenters. The van der Waals surface area contributed by atoms with Crippen LogP contribution in [0.3, 0.4) is 0 Å². The summed E-state index contributed by atoms with van der Waals surface area (Å²) >= 11 is 0. The Bertz CT molecular complexity index is 604. The maximum atomic E-state index is 12.4. The van der Waals surface area contributed by atoms with Crippen molar-refractivity contribution < 1.29 is 19.1 Å². The molecular formula is C18H25N3O4. The second kappa shape index (κ2) is 9.05. The third-order valence-corrected chi connectivity index (χ3v) is 3.84. The van der Waals surface area contributed by atoms with Gasteiger partial charge in [0.25, 0.3) is 0 Å². The van der Waals surface area contributed by atoms with Crippen LogP contribution in [0.15, 0.2) is 30.3 Å². The number of hydrogen-bond acceptors (Lipinski definition) is 4. The third kappa shape index (κ3) is 6.45. The van der Waals surface area contributed by atoms with Crippen LogP contribution in [0.2, 0.25) is 0 Å². The van der Waals surface area contributed by atoms with Crippen molar-refractivity contribution in [3.05, 3.63) is 35.9 Å². The van der Waals surface area contributed by atoms with Gasteiger partial charge >= 0.3 is 6.09 Å². The summed E-state index contributed by atoms with van der Waals surface area (Å²) in [7, 11) is 0. The monoisotopic (exact) mass is 347 g/mol. The maximum Gasteiger partial charge on any atom is 0.408 e. The van der Waals surface area contributed by atoms with Gasteiger partial charge in [0.05, 0.1) is 0 Å². The molecule has 136 valence electrons. The minimum Gasteiger partial charge on any atom is -0.445 e. The summed E-state index contributed by atoms with van der Waals surface area (Å²) in [5, 5.41) is 8.05. The number of alkyl carbamates (subject to hydrolysis) is 1. The average molecular weight is 347 g/mol. The zero-order valence-corrected chi connectivity index (χ0v) is 14.6. The van der Waals surface area contributed by atoms with E-state index in [2.05, 4.69) is 16.0 Å². The number of rotatable bonds is 7. The second-order valence-corrected chi connectivity index (χ2v) is 6.56. The molecule has 0 saturated carbocycles. The van der Waals surface area contributed by atoms with Crippen molar-refractivity contribution >= 4 is 17.9 Å². The minimum atomic E-state index is -0.708. The van der Waals surface area contributed by atoms with Gasteiger partial charge in [-0.3, -0.25) is 9.59 Å². The molecule has 3 amide bonds. The van der Waals surface area contributed by atoms with E-state index in [4.69, 9.17) is 4.74 Å². The number of benzene rings is 1. The summed E-state index contributed by atoms with van der Waals surface area (Å²) in [6, 6.07) is 8.61. The van der Waals surface area contributed by atoms with Crippen molar-refractivity contribution in [2.45, 2.75) is 51.9 Å². The third-order valence-electron chi connectivity index (χ3n) is 3.84. The Morgan fingerprint density at radius 2 is 2.00 bits per heavy atom. The molecule has 25 heavy (non-hydrogen) atoms. The Labute approximate surface area is 147 Å². The lowest BCUT2D eigenvalue weighted by Gasteiger charge is -2.22. The number of hydrogen-bond donors (Lipinski definition) is 3. The van der Waals surface area contributed by atoms with Crippen molar-refractivity contribution in [2.24, 2.45) is 5.92 Å². The van der Waals surface area contributed by atoms with Crippen LogP contribution >= 0.6 is 0 Å². The summed E-state index contributed by atoms with van der Waals surface area (Å²) in [6.45, 7) is 4.07. The van der Waals surface area contributed by atoms with Gasteiger partial charge in [0.15, 0.2) is 0 Å². The van der Waals surface area contributed by atoms with Crippen LogP contribution in [0.5, 0.6) is 0 Å². The summed E-state index contributed by atoms with van der Waals surface area (Å²) in [6.07, 6.45) is 0.411. The van der Waals surface area contributed by atoms with Gasteiger partial charge in [0, 0.05) is 6.42 Å². The molecule has 0 aliphatic carbocycles. The molecule has 7 heteroatoms. The average Bonchev–Trinajstić information content (AvgIpc) is 2.98. The van der Waals surface area contributed by atoms with Crippen molar-refractivity contribution in [3.63, 3.8) is 0 Å². The van der Waals surface area contributed by atoms with E-state index in [0.717, 1.165) is 5.56 Å². The Balaban J connectivity index is 1.86. The molecule has 1 aromatic carbocycles. The number of carbonyl (C=O) groups excluding carboxylic acids is 3. The van der Waals surface area contributed by atoms with Crippen LogP contribution in [0.25, 0.3) is 0 Å². The molecule has 2 rings (SSSR count). The highest BCUT2D eigenvalue weighted by Gasteiger charge is 2.27. The predicted molar refractivity (Wildman–Crippen MR) is 92.3 cm³/mol. The molecule has 3 N–H and O–H groups in total. The molecule has 1 heterocycles. The molecule has 0 aromatic heterocycles. The van der Waals surface area contributed by atoms with Crippen LogP contribution in [0, 0.1) is 5.92 Å². The molecule has 1 aromatic rings. The highest BCUT2D eigenvalue weighted by molar-refractivity contribution is 5.87. The van der Waals surface area contributed by atoms with Crippen molar-refractivity contribution in [2.75, 3.05) is 0 Å². The van der Waals surface area contributed by atoms with Crippen LogP contribution in [0.1, 0.15) is 38.7 Å². The quantitative estimate of drug-likeness (QED) is 0.699. The van der Waals surface area contributed by atoms with Crippen molar-refractivity contribution in [3.8, 4) is 0 Å². The molecule has 0 unspecified atom stereocenters. The Morgan fingerprint density at radius 3 is 2.60 bits per heavy atom. The molecule has 0 bridgehead atoms. The summed E-state index contributed by atoms with van der Waals surface area (Å²) in [5.41, 5.74) is 0.871. The maximum absolute atomic E-state index is 12.4. The van der Waals surface area contributed by atoms with Gasteiger partial charge in [-0.25, -0.2) is 4.79 Å². The van der Waals surface area contributed by atoms with Gasteiger partial charge in [-0.1, -0.05) is 44.2 Å². The zero-order valence-electron chi connectivity index (χ0n) is 14.6. The lowest BCUT2D eigenvalue weighted by molar-refractivity contribution is -0.124. The first-order chi connectivity index (χ1) is 11.9. The van der Waals surface area contributed by atoms with E-state index in [1.54, 1.807) is 0 Å². The van der Waals surface area contributed by atoms with Crippen LogP contribution < -0.4 is 16.0 Å². The van der Waals surface area contributed by atoms with Crippen LogP contribution in [-0.4, -0.2) is 30.1 Å². The molecule has 0 radical (unpaired) electrons. The lowest BCUT2D eigenvalue weighted by atomic mass is 10.0. The molecular weight excluding hydrogens is 322 g/mol. The van der Waals surface area contributed by atoms with Gasteiger partial charge < -0.3 is 20.7 Å². The van der Waals surface area contributed by atoms with E-state index in [-0.39, 0.29) is 30.5 Å². The van der Waals surface area contributed by atoms with Gasteiger partial charge in [-0.2, -0.15) is 0 Å². The van der Waals surface area contributed by atoms with E-state index in [9.17, 15) is 14.4 Å². The SMILES string of the molecule is CC(C)C[C@@H](NC(=O)OCc1ccccc1)C(=O)N[C@H]1CCC(=O)N1. The van der Waals surface area contributed by atoms with E-state index in [0.29, 0.717) is 19.3 Å². The fourth-order valence-electron chi connectivity index (χ4n) is 2.60. The van der Waals surface area contributed by atoms with Crippen molar-refractivity contribution in [1.29, 1.82) is 0 Å². The van der Waals surface area contributed by atoms with Crippen LogP contribution in [-0.2, 0) is 20.9 Å². The topological polar surface area (TPSA) is 96.5 Å². The van der Waals surface area contributed by atoms with E-state index >= 15 is 0 Å². The normalized spacial score (nSPS) is 17.7. The smallest absolute Gasteiger partial charge is 0.408 e. The summed E-state index contributed by atoms with van der Waals surface area (Å²) in [5.74, 6) is -0.193. The molecule has 1 aliphatic heterocycles. The molecule has 7 nitrogen and oxygen atoms in total. The molecule has 1 saturated heterocycles. The number of ether oxygens (including phenoxy) is 1.